The van der Waals surface area contributed by atoms with Crippen LogP contribution in [0.15, 0.2) is 103 Å². The van der Waals surface area contributed by atoms with Gasteiger partial charge in [0.15, 0.2) is 0 Å². The highest BCUT2D eigenvalue weighted by atomic mass is 16.5. The van der Waals surface area contributed by atoms with Crippen LogP contribution in [0, 0.1) is 5.41 Å². The van der Waals surface area contributed by atoms with E-state index in [0.717, 1.165) is 22.6 Å². The van der Waals surface area contributed by atoms with Gasteiger partial charge in [-0.1, -0.05) is 73.5 Å². The van der Waals surface area contributed by atoms with Gasteiger partial charge in [-0.15, -0.1) is 0 Å². The molecule has 0 saturated heterocycles. The fourth-order valence-electron chi connectivity index (χ4n) is 5.22. The predicted octanol–water partition coefficient (Wildman–Crippen LogP) is 6.99. The lowest BCUT2D eigenvalue weighted by molar-refractivity contribution is 0.299. The maximum absolute atomic E-state index is 7.49. The SMILES string of the molecule is N=C(N)c1ccc(OCc2cccc(COc3ccc(C4(c5ccccc5)CCCC4)cc3)c2)cc1. The lowest BCUT2D eigenvalue weighted by Crippen LogP contribution is -2.23. The summed E-state index contributed by atoms with van der Waals surface area (Å²) in [4.78, 5) is 0. The molecular formula is C32H32N2O2. The Morgan fingerprint density at radius 3 is 1.75 bits per heavy atom. The Balaban J connectivity index is 1.20. The second-order valence-electron chi connectivity index (χ2n) is 9.51. The Morgan fingerprint density at radius 1 is 0.667 bits per heavy atom. The van der Waals surface area contributed by atoms with Gasteiger partial charge >= 0.3 is 0 Å². The van der Waals surface area contributed by atoms with Gasteiger partial charge < -0.3 is 15.2 Å². The standard InChI is InChI=1S/C32H32N2O2/c33-31(34)26-11-15-29(16-12-26)35-22-24-7-6-8-25(21-24)23-36-30-17-13-28(14-18-30)32(19-4-5-20-32)27-9-2-1-3-10-27/h1-3,6-18,21H,4-5,19-20,22-23H2,(H3,33,34). The summed E-state index contributed by atoms with van der Waals surface area (Å²) in [6.07, 6.45) is 4.95. The first-order chi connectivity index (χ1) is 17.6. The van der Waals surface area contributed by atoms with Crippen LogP contribution in [0.25, 0.3) is 0 Å². The quantitative estimate of drug-likeness (QED) is 0.202. The van der Waals surface area contributed by atoms with Crippen LogP contribution in [-0.2, 0) is 18.6 Å². The van der Waals surface area contributed by atoms with E-state index >= 15 is 0 Å². The van der Waals surface area contributed by atoms with Crippen LogP contribution in [0.5, 0.6) is 11.5 Å². The monoisotopic (exact) mass is 476 g/mol. The van der Waals surface area contributed by atoms with Crippen LogP contribution >= 0.6 is 0 Å². The smallest absolute Gasteiger partial charge is 0.122 e. The molecule has 1 saturated carbocycles. The van der Waals surface area contributed by atoms with Gasteiger partial charge in [0.05, 0.1) is 0 Å². The molecule has 0 amide bonds. The summed E-state index contributed by atoms with van der Waals surface area (Å²) in [5.41, 5.74) is 11.3. The normalized spacial score (nSPS) is 14.3. The minimum Gasteiger partial charge on any atom is -0.489 e. The molecule has 4 aromatic rings. The molecule has 1 aliphatic carbocycles. The summed E-state index contributed by atoms with van der Waals surface area (Å²) in [7, 11) is 0. The molecule has 4 nitrogen and oxygen atoms in total. The van der Waals surface area contributed by atoms with Crippen LogP contribution in [0.2, 0.25) is 0 Å². The number of nitrogens with two attached hydrogens (primary N) is 1. The molecule has 4 aromatic carbocycles. The second kappa shape index (κ2) is 10.7. The minimum atomic E-state index is 0.0538. The number of benzene rings is 4. The summed E-state index contributed by atoms with van der Waals surface area (Å²) in [6, 6.07) is 35.2. The third kappa shape index (κ3) is 5.28. The van der Waals surface area contributed by atoms with Crippen molar-refractivity contribution >= 4 is 5.84 Å². The lowest BCUT2D eigenvalue weighted by atomic mass is 9.73. The molecule has 1 aliphatic rings. The zero-order valence-electron chi connectivity index (χ0n) is 20.5. The Bertz CT molecular complexity index is 1290. The molecule has 36 heavy (non-hydrogen) atoms. The Labute approximate surface area is 213 Å². The summed E-state index contributed by atoms with van der Waals surface area (Å²) in [6.45, 7) is 0.966. The highest BCUT2D eigenvalue weighted by Crippen LogP contribution is 2.46. The van der Waals surface area contributed by atoms with E-state index in [-0.39, 0.29) is 11.3 Å². The highest BCUT2D eigenvalue weighted by Gasteiger charge is 2.37. The molecule has 0 aromatic heterocycles. The molecule has 182 valence electrons. The van der Waals surface area contributed by atoms with Crippen LogP contribution < -0.4 is 15.2 Å². The summed E-state index contributed by atoms with van der Waals surface area (Å²) < 4.78 is 12.0. The number of hydrogen-bond acceptors (Lipinski definition) is 3. The molecule has 0 radical (unpaired) electrons. The first-order valence-electron chi connectivity index (χ1n) is 12.6. The van der Waals surface area contributed by atoms with E-state index in [1.807, 2.05) is 24.3 Å². The minimum absolute atomic E-state index is 0.0538. The number of rotatable bonds is 9. The van der Waals surface area contributed by atoms with Gasteiger partial charge in [0, 0.05) is 11.0 Å². The van der Waals surface area contributed by atoms with Crippen molar-refractivity contribution in [2.24, 2.45) is 5.73 Å². The van der Waals surface area contributed by atoms with Crippen molar-refractivity contribution in [1.82, 2.24) is 0 Å². The van der Waals surface area contributed by atoms with Crippen molar-refractivity contribution in [3.8, 4) is 11.5 Å². The van der Waals surface area contributed by atoms with Gasteiger partial charge in [0.2, 0.25) is 0 Å². The maximum Gasteiger partial charge on any atom is 0.122 e. The van der Waals surface area contributed by atoms with Crippen molar-refractivity contribution in [2.45, 2.75) is 44.3 Å². The molecule has 0 aliphatic heterocycles. The Hall–Kier alpha value is -4.05. The first kappa shape index (κ1) is 23.7. The largest absolute Gasteiger partial charge is 0.489 e. The van der Waals surface area contributed by atoms with Crippen LogP contribution in [0.1, 0.15) is 53.5 Å². The molecule has 0 spiro atoms. The maximum atomic E-state index is 7.49. The number of hydrogen-bond donors (Lipinski definition) is 2. The zero-order chi connectivity index (χ0) is 24.8. The van der Waals surface area contributed by atoms with E-state index < -0.39 is 0 Å². The topological polar surface area (TPSA) is 68.3 Å². The zero-order valence-corrected chi connectivity index (χ0v) is 20.5. The van der Waals surface area contributed by atoms with E-state index in [1.54, 1.807) is 12.1 Å². The molecule has 4 heteroatoms. The summed E-state index contributed by atoms with van der Waals surface area (Å²) >= 11 is 0. The van der Waals surface area contributed by atoms with E-state index in [9.17, 15) is 0 Å². The molecule has 5 rings (SSSR count). The van der Waals surface area contributed by atoms with Crippen molar-refractivity contribution in [1.29, 1.82) is 5.41 Å². The van der Waals surface area contributed by atoms with Crippen molar-refractivity contribution in [3.63, 3.8) is 0 Å². The number of nitrogens with one attached hydrogen (secondary N) is 1. The average molecular weight is 477 g/mol. The van der Waals surface area contributed by atoms with Crippen molar-refractivity contribution in [3.05, 3.63) is 131 Å². The third-order valence-corrected chi connectivity index (χ3v) is 7.16. The van der Waals surface area contributed by atoms with Crippen LogP contribution in [0.4, 0.5) is 0 Å². The number of ether oxygens (including phenoxy) is 2. The molecular weight excluding hydrogens is 444 g/mol. The van der Waals surface area contributed by atoms with E-state index in [4.69, 9.17) is 20.6 Å². The summed E-state index contributed by atoms with van der Waals surface area (Å²) in [5.74, 6) is 1.68. The predicted molar refractivity (Wildman–Crippen MR) is 145 cm³/mol. The molecule has 0 atom stereocenters. The van der Waals surface area contributed by atoms with Crippen molar-refractivity contribution < 1.29 is 9.47 Å². The van der Waals surface area contributed by atoms with Gasteiger partial charge in [-0.2, -0.15) is 0 Å². The van der Waals surface area contributed by atoms with Gasteiger partial charge in [-0.25, -0.2) is 0 Å². The van der Waals surface area contributed by atoms with Gasteiger partial charge in [0.25, 0.3) is 0 Å². The first-order valence-corrected chi connectivity index (χ1v) is 12.6. The summed E-state index contributed by atoms with van der Waals surface area (Å²) in [5, 5.41) is 7.49. The molecule has 3 N–H and O–H groups in total. The Kier molecular flexibility index (Phi) is 7.03. The van der Waals surface area contributed by atoms with Gasteiger partial charge in [-0.3, -0.25) is 5.41 Å². The molecule has 1 fully saturated rings. The van der Waals surface area contributed by atoms with Gasteiger partial charge in [-0.05, 0) is 77.6 Å². The fraction of sp³-hybridized carbons (Fsp3) is 0.219. The second-order valence-corrected chi connectivity index (χ2v) is 9.51. The number of amidine groups is 1. The van der Waals surface area contributed by atoms with Crippen molar-refractivity contribution in [2.75, 3.05) is 0 Å². The molecule has 0 heterocycles. The Morgan fingerprint density at radius 2 is 1.19 bits per heavy atom. The molecule has 0 bridgehead atoms. The fourth-order valence-corrected chi connectivity index (χ4v) is 5.22. The van der Waals surface area contributed by atoms with Crippen LogP contribution in [-0.4, -0.2) is 5.84 Å². The lowest BCUT2D eigenvalue weighted by Gasteiger charge is -2.30. The van der Waals surface area contributed by atoms with E-state index in [2.05, 4.69) is 66.7 Å². The van der Waals surface area contributed by atoms with Crippen LogP contribution in [0.3, 0.4) is 0 Å². The highest BCUT2D eigenvalue weighted by molar-refractivity contribution is 5.94. The van der Waals surface area contributed by atoms with E-state index in [1.165, 1.54) is 36.8 Å². The molecule has 0 unspecified atom stereocenters. The third-order valence-electron chi connectivity index (χ3n) is 7.16. The van der Waals surface area contributed by atoms with E-state index in [0.29, 0.717) is 18.8 Å². The number of nitrogen functional groups attached to an aromatic ring is 1. The average Bonchev–Trinajstić information content (AvgIpc) is 3.43. The van der Waals surface area contributed by atoms with Gasteiger partial charge in [0.1, 0.15) is 30.5 Å².